The van der Waals surface area contributed by atoms with E-state index < -0.39 is 5.91 Å². The molecule has 1 aromatic carbocycles. The van der Waals surface area contributed by atoms with Gasteiger partial charge >= 0.3 is 0 Å². The average molecular weight is 464 g/mol. The summed E-state index contributed by atoms with van der Waals surface area (Å²) in [7, 11) is 0. The van der Waals surface area contributed by atoms with Gasteiger partial charge in [-0.25, -0.2) is 4.98 Å². The number of hydrogen-bond donors (Lipinski definition) is 3. The van der Waals surface area contributed by atoms with Gasteiger partial charge in [-0.15, -0.1) is 0 Å². The van der Waals surface area contributed by atoms with Gasteiger partial charge in [-0.05, 0) is 76.3 Å². The van der Waals surface area contributed by atoms with Crippen molar-refractivity contribution in [2.45, 2.75) is 77.0 Å². The lowest BCUT2D eigenvalue weighted by Gasteiger charge is -2.40. The predicted molar refractivity (Wildman–Crippen MR) is 132 cm³/mol. The average Bonchev–Trinajstić information content (AvgIpc) is 3.08. The zero-order chi connectivity index (χ0) is 24.4. The molecule has 0 spiro atoms. The van der Waals surface area contributed by atoms with Crippen LogP contribution in [0.1, 0.15) is 83.9 Å². The molecule has 2 bridgehead atoms. The van der Waals surface area contributed by atoms with E-state index in [4.69, 9.17) is 5.73 Å². The molecular weight excluding hydrogens is 430 g/mol. The van der Waals surface area contributed by atoms with Crippen molar-refractivity contribution in [3.8, 4) is 0 Å². The highest BCUT2D eigenvalue weighted by Crippen LogP contribution is 2.38. The Labute approximate surface area is 200 Å². The van der Waals surface area contributed by atoms with Crippen molar-refractivity contribution in [1.82, 2.24) is 10.3 Å². The number of nitrogens with zero attached hydrogens (tertiary/aromatic N) is 2. The predicted octanol–water partition coefficient (Wildman–Crippen LogP) is 3.52. The summed E-state index contributed by atoms with van der Waals surface area (Å²) in [5.74, 6) is 0.233. The molecule has 2 amide bonds. The van der Waals surface area contributed by atoms with E-state index in [-0.39, 0.29) is 23.8 Å². The number of ketones is 1. The Morgan fingerprint density at radius 2 is 1.79 bits per heavy atom. The van der Waals surface area contributed by atoms with Crippen molar-refractivity contribution in [3.05, 3.63) is 53.2 Å². The number of primary amides is 1. The van der Waals surface area contributed by atoms with E-state index in [1.165, 1.54) is 0 Å². The Hall–Kier alpha value is -3.42. The van der Waals surface area contributed by atoms with Gasteiger partial charge < -0.3 is 21.3 Å². The molecule has 3 heterocycles. The lowest BCUT2D eigenvalue weighted by Crippen LogP contribution is -2.50. The zero-order valence-electron chi connectivity index (χ0n) is 20.0. The van der Waals surface area contributed by atoms with Crippen LogP contribution in [-0.2, 0) is 0 Å². The molecule has 0 aliphatic carbocycles. The lowest BCUT2D eigenvalue weighted by atomic mass is 9.96. The van der Waals surface area contributed by atoms with Gasteiger partial charge in [0.2, 0.25) is 0 Å². The molecule has 4 N–H and O–H groups in total. The third-order valence-corrected chi connectivity index (χ3v) is 7.05. The Morgan fingerprint density at radius 1 is 1.12 bits per heavy atom. The van der Waals surface area contributed by atoms with Gasteiger partial charge in [-0.1, -0.05) is 6.92 Å². The number of amides is 2. The largest absolute Gasteiger partial charge is 0.382 e. The number of piperidine rings is 1. The summed E-state index contributed by atoms with van der Waals surface area (Å²) in [6.45, 7) is 5.61. The number of fused-ring (bicyclic) bond motifs is 2. The summed E-state index contributed by atoms with van der Waals surface area (Å²) in [5.41, 5.74) is 7.61. The summed E-state index contributed by atoms with van der Waals surface area (Å²) in [4.78, 5) is 43.3. The third kappa shape index (κ3) is 4.90. The highest BCUT2D eigenvalue weighted by atomic mass is 16.2. The van der Waals surface area contributed by atoms with Crippen LogP contribution in [0.25, 0.3) is 0 Å². The van der Waals surface area contributed by atoms with Gasteiger partial charge in [0.15, 0.2) is 5.78 Å². The highest BCUT2D eigenvalue weighted by Gasteiger charge is 2.41. The monoisotopic (exact) mass is 463 g/mol. The minimum Gasteiger partial charge on any atom is -0.382 e. The summed E-state index contributed by atoms with van der Waals surface area (Å²) in [6.07, 6.45) is 6.33. The number of hydrogen-bond acceptors (Lipinski definition) is 6. The van der Waals surface area contributed by atoms with Crippen molar-refractivity contribution in [3.63, 3.8) is 0 Å². The van der Waals surface area contributed by atoms with E-state index in [1.54, 1.807) is 31.3 Å². The molecule has 8 nitrogen and oxygen atoms in total. The minimum atomic E-state index is -0.522. The third-order valence-electron chi connectivity index (χ3n) is 7.05. The first-order valence-electron chi connectivity index (χ1n) is 12.0. The first kappa shape index (κ1) is 23.7. The maximum Gasteiger partial charge on any atom is 0.251 e. The van der Waals surface area contributed by atoms with Crippen LogP contribution in [0.5, 0.6) is 0 Å². The zero-order valence-corrected chi connectivity index (χ0v) is 20.0. The van der Waals surface area contributed by atoms with Gasteiger partial charge in [0.05, 0.1) is 5.56 Å². The molecule has 3 unspecified atom stereocenters. The maximum atomic E-state index is 13.1. The number of rotatable bonds is 8. The second-order valence-electron chi connectivity index (χ2n) is 9.47. The van der Waals surface area contributed by atoms with Crippen LogP contribution in [0.2, 0.25) is 0 Å². The number of Topliss-reactive ketones (excluding diaryl/α,β-unsaturated/α-hetero) is 1. The van der Waals surface area contributed by atoms with Crippen molar-refractivity contribution in [2.24, 2.45) is 5.73 Å². The Bertz CT molecular complexity index is 1070. The van der Waals surface area contributed by atoms with Crippen molar-refractivity contribution < 1.29 is 14.4 Å². The molecule has 34 heavy (non-hydrogen) atoms. The second-order valence-corrected chi connectivity index (χ2v) is 9.47. The number of nitrogens with one attached hydrogen (secondary N) is 2. The second kappa shape index (κ2) is 9.83. The van der Waals surface area contributed by atoms with E-state index >= 15 is 0 Å². The summed E-state index contributed by atoms with van der Waals surface area (Å²) < 4.78 is 0. The molecular formula is C26H33N5O3. The van der Waals surface area contributed by atoms with Gasteiger partial charge in [0.1, 0.15) is 5.82 Å². The van der Waals surface area contributed by atoms with E-state index in [1.807, 2.05) is 26.0 Å². The molecule has 1 aromatic heterocycles. The first-order valence-corrected chi connectivity index (χ1v) is 12.0. The van der Waals surface area contributed by atoms with Crippen LogP contribution in [0.3, 0.4) is 0 Å². The summed E-state index contributed by atoms with van der Waals surface area (Å²) >= 11 is 0. The molecule has 2 saturated heterocycles. The van der Waals surface area contributed by atoms with Crippen molar-refractivity contribution >= 4 is 29.1 Å². The number of benzene rings is 1. The fourth-order valence-electron chi connectivity index (χ4n) is 5.07. The minimum absolute atomic E-state index is 0.00909. The molecule has 2 aromatic rings. The highest BCUT2D eigenvalue weighted by molar-refractivity contribution is 6.02. The van der Waals surface area contributed by atoms with E-state index in [0.717, 1.165) is 37.9 Å². The standard InChI is InChI=1S/C26H33N5O3/c1-4-15(2)29-23-11-17(5-9-22(23)25(27)33)26(34)30-19-12-20-7-8-21(13-19)31(20)24-10-6-18(14-28-24)16(3)32/h5-6,9-11,14-15,19-21,29H,4,7-8,12-13H2,1-3H3,(H2,27,33)(H,30,34). The fraction of sp³-hybridized carbons (Fsp3) is 0.462. The van der Waals surface area contributed by atoms with E-state index in [2.05, 4.69) is 20.5 Å². The summed E-state index contributed by atoms with van der Waals surface area (Å²) in [5, 5.41) is 6.48. The molecule has 8 heteroatoms. The first-order chi connectivity index (χ1) is 16.3. The van der Waals surface area contributed by atoms with Crippen LogP contribution in [0.4, 0.5) is 11.5 Å². The molecule has 4 rings (SSSR count). The van der Waals surface area contributed by atoms with Crippen LogP contribution in [-0.4, -0.2) is 46.7 Å². The van der Waals surface area contributed by atoms with Crippen molar-refractivity contribution in [2.75, 3.05) is 10.2 Å². The number of aromatic nitrogens is 1. The summed E-state index contributed by atoms with van der Waals surface area (Å²) in [6, 6.07) is 9.57. The normalized spacial score (nSPS) is 22.2. The van der Waals surface area contributed by atoms with Crippen LogP contribution >= 0.6 is 0 Å². The van der Waals surface area contributed by atoms with Gasteiger partial charge in [-0.3, -0.25) is 14.4 Å². The maximum absolute atomic E-state index is 13.1. The molecule has 2 aliphatic heterocycles. The molecule has 180 valence electrons. The number of carbonyl (C=O) groups is 3. The van der Waals surface area contributed by atoms with Crippen LogP contribution < -0.4 is 21.3 Å². The number of pyridine rings is 1. The number of anilines is 2. The molecule has 2 fully saturated rings. The Balaban J connectivity index is 1.44. The SMILES string of the molecule is CCC(C)Nc1cc(C(=O)NC2CC3CCC(C2)N3c2ccc(C(C)=O)cn2)ccc1C(N)=O. The Kier molecular flexibility index (Phi) is 6.86. The number of nitrogens with two attached hydrogens (primary N) is 1. The Morgan fingerprint density at radius 3 is 2.35 bits per heavy atom. The molecule has 0 radical (unpaired) electrons. The van der Waals surface area contributed by atoms with Gasteiger partial charge in [0.25, 0.3) is 11.8 Å². The van der Waals surface area contributed by atoms with E-state index in [0.29, 0.717) is 34.5 Å². The van der Waals surface area contributed by atoms with Crippen LogP contribution in [0, 0.1) is 0 Å². The molecule has 3 atom stereocenters. The molecule has 0 saturated carbocycles. The smallest absolute Gasteiger partial charge is 0.251 e. The lowest BCUT2D eigenvalue weighted by molar-refractivity contribution is 0.0924. The van der Waals surface area contributed by atoms with Crippen LogP contribution in [0.15, 0.2) is 36.5 Å². The number of carbonyl (C=O) groups excluding carboxylic acids is 3. The fourth-order valence-corrected chi connectivity index (χ4v) is 5.07. The van der Waals surface area contributed by atoms with Gasteiger partial charge in [0, 0.05) is 47.2 Å². The van der Waals surface area contributed by atoms with Gasteiger partial charge in [-0.2, -0.15) is 0 Å². The van der Waals surface area contributed by atoms with E-state index in [9.17, 15) is 14.4 Å². The quantitative estimate of drug-likeness (QED) is 0.516. The molecule has 2 aliphatic rings. The van der Waals surface area contributed by atoms with Crippen molar-refractivity contribution in [1.29, 1.82) is 0 Å². The topological polar surface area (TPSA) is 117 Å².